The minimum atomic E-state index is -0.223. The first-order chi connectivity index (χ1) is 6.74. The van der Waals surface area contributed by atoms with Gasteiger partial charge < -0.3 is 4.74 Å². The average molecular weight is 192 g/mol. The molecule has 0 aliphatic carbocycles. The van der Waals surface area contributed by atoms with Crippen LogP contribution in [0.4, 0.5) is 0 Å². The molecule has 0 aliphatic heterocycles. The first kappa shape index (κ1) is 12.9. The summed E-state index contributed by atoms with van der Waals surface area (Å²) in [6, 6.07) is 0. The van der Waals surface area contributed by atoms with Gasteiger partial charge in [-0.3, -0.25) is 0 Å². The third-order valence-corrected chi connectivity index (χ3v) is 2.06. The highest BCUT2D eigenvalue weighted by molar-refractivity contribution is 4.98. The van der Waals surface area contributed by atoms with Crippen molar-refractivity contribution in [2.75, 3.05) is 6.61 Å². The van der Waals surface area contributed by atoms with Gasteiger partial charge >= 0.3 is 0 Å². The summed E-state index contributed by atoms with van der Waals surface area (Å²) in [6.45, 7) is 15.4. The van der Waals surface area contributed by atoms with Crippen LogP contribution in [0.15, 0.2) is 50.6 Å². The van der Waals surface area contributed by atoms with Crippen molar-refractivity contribution in [1.82, 2.24) is 0 Å². The van der Waals surface area contributed by atoms with E-state index in [1.807, 2.05) is 18.2 Å². The van der Waals surface area contributed by atoms with Gasteiger partial charge in [-0.2, -0.15) is 0 Å². The molecule has 0 spiro atoms. The fourth-order valence-electron chi connectivity index (χ4n) is 1.45. The summed E-state index contributed by atoms with van der Waals surface area (Å²) in [5, 5.41) is 0. The van der Waals surface area contributed by atoms with Crippen LogP contribution in [0.25, 0.3) is 0 Å². The molecule has 0 aromatic heterocycles. The zero-order valence-corrected chi connectivity index (χ0v) is 8.87. The predicted molar refractivity (Wildman–Crippen MR) is 63.3 cm³/mol. The van der Waals surface area contributed by atoms with Gasteiger partial charge in [0.2, 0.25) is 0 Å². The Morgan fingerprint density at radius 1 is 0.786 bits per heavy atom. The van der Waals surface area contributed by atoms with Crippen LogP contribution < -0.4 is 0 Å². The van der Waals surface area contributed by atoms with E-state index >= 15 is 0 Å². The monoisotopic (exact) mass is 192 g/mol. The van der Waals surface area contributed by atoms with Crippen molar-refractivity contribution in [3.63, 3.8) is 0 Å². The Kier molecular flexibility index (Phi) is 6.77. The summed E-state index contributed by atoms with van der Waals surface area (Å²) in [7, 11) is 0. The van der Waals surface area contributed by atoms with Gasteiger partial charge in [0.1, 0.15) is 0 Å². The van der Waals surface area contributed by atoms with E-state index in [2.05, 4.69) is 26.3 Å². The summed E-state index contributed by atoms with van der Waals surface area (Å²) in [5.74, 6) is 0. The van der Waals surface area contributed by atoms with Gasteiger partial charge in [-0.25, -0.2) is 0 Å². The van der Waals surface area contributed by atoms with Crippen LogP contribution >= 0.6 is 0 Å². The quantitative estimate of drug-likeness (QED) is 0.507. The molecule has 0 aliphatic rings. The Hall–Kier alpha value is -1.08. The molecule has 0 aromatic carbocycles. The highest BCUT2D eigenvalue weighted by Crippen LogP contribution is 2.26. The second-order valence-corrected chi connectivity index (χ2v) is 3.26. The maximum absolute atomic E-state index is 5.77. The van der Waals surface area contributed by atoms with E-state index < -0.39 is 0 Å². The zero-order valence-electron chi connectivity index (χ0n) is 8.87. The molecule has 0 rings (SSSR count). The number of hydrogen-bond donors (Lipinski definition) is 0. The van der Waals surface area contributed by atoms with Crippen LogP contribution in [-0.4, -0.2) is 12.2 Å². The molecule has 0 aromatic rings. The van der Waals surface area contributed by atoms with E-state index in [1.54, 1.807) is 6.08 Å². The molecule has 0 heterocycles. The zero-order chi connectivity index (χ0) is 10.9. The Morgan fingerprint density at radius 2 is 1.21 bits per heavy atom. The molecule has 0 fully saturated rings. The molecule has 14 heavy (non-hydrogen) atoms. The van der Waals surface area contributed by atoms with Crippen LogP contribution in [0.1, 0.15) is 19.3 Å². The molecule has 0 bridgehead atoms. The lowest BCUT2D eigenvalue weighted by Crippen LogP contribution is -2.31. The number of ether oxygens (including phenoxy) is 1. The lowest BCUT2D eigenvalue weighted by Gasteiger charge is -2.30. The van der Waals surface area contributed by atoms with Crippen molar-refractivity contribution in [3.8, 4) is 0 Å². The van der Waals surface area contributed by atoms with Crippen molar-refractivity contribution >= 4 is 0 Å². The summed E-state index contributed by atoms with van der Waals surface area (Å²) in [5.41, 5.74) is -0.223. The first-order valence-electron chi connectivity index (χ1n) is 4.82. The molecule has 1 heteroatoms. The van der Waals surface area contributed by atoms with Crippen LogP contribution in [0, 0.1) is 0 Å². The third-order valence-electron chi connectivity index (χ3n) is 2.06. The fraction of sp³-hybridized carbons (Fsp3) is 0.385. The minimum absolute atomic E-state index is 0.223. The Balaban J connectivity index is 4.50. The second-order valence-electron chi connectivity index (χ2n) is 3.26. The smallest absolute Gasteiger partial charge is 0.0789 e. The Morgan fingerprint density at radius 3 is 1.50 bits per heavy atom. The summed E-state index contributed by atoms with van der Waals surface area (Å²) in [6.07, 6.45) is 9.78. The predicted octanol–water partition coefficient (Wildman–Crippen LogP) is 3.66. The third kappa shape index (κ3) is 4.24. The van der Waals surface area contributed by atoms with Gasteiger partial charge in [0.25, 0.3) is 0 Å². The topological polar surface area (TPSA) is 9.23 Å². The Labute approximate surface area is 87.5 Å². The standard InChI is InChI=1S/C13H20O/c1-5-9-13(10-6-2,11-7-3)14-12-8-4/h5-8H,1-4,9-12H2. The molecule has 0 radical (unpaired) electrons. The highest BCUT2D eigenvalue weighted by Gasteiger charge is 2.26. The maximum Gasteiger partial charge on any atom is 0.0789 e. The summed E-state index contributed by atoms with van der Waals surface area (Å²) < 4.78 is 5.77. The molecule has 78 valence electrons. The van der Waals surface area contributed by atoms with Crippen LogP contribution in [-0.2, 0) is 4.74 Å². The summed E-state index contributed by atoms with van der Waals surface area (Å²) in [4.78, 5) is 0. The second kappa shape index (κ2) is 7.34. The van der Waals surface area contributed by atoms with Crippen molar-refractivity contribution < 1.29 is 4.74 Å². The highest BCUT2D eigenvalue weighted by atomic mass is 16.5. The summed E-state index contributed by atoms with van der Waals surface area (Å²) >= 11 is 0. The first-order valence-corrected chi connectivity index (χ1v) is 4.82. The fourth-order valence-corrected chi connectivity index (χ4v) is 1.45. The van der Waals surface area contributed by atoms with E-state index in [0.29, 0.717) is 6.61 Å². The van der Waals surface area contributed by atoms with Gasteiger partial charge in [0, 0.05) is 0 Å². The van der Waals surface area contributed by atoms with Gasteiger partial charge in [0.05, 0.1) is 12.2 Å². The van der Waals surface area contributed by atoms with Crippen molar-refractivity contribution in [2.24, 2.45) is 0 Å². The number of hydrogen-bond acceptors (Lipinski definition) is 1. The molecule has 0 saturated heterocycles. The SMILES string of the molecule is C=CCOC(CC=C)(CC=C)CC=C. The number of rotatable bonds is 9. The van der Waals surface area contributed by atoms with E-state index in [9.17, 15) is 0 Å². The molecule has 0 unspecified atom stereocenters. The normalized spacial score (nSPS) is 10.6. The van der Waals surface area contributed by atoms with Crippen molar-refractivity contribution in [2.45, 2.75) is 24.9 Å². The van der Waals surface area contributed by atoms with Crippen LogP contribution in [0.5, 0.6) is 0 Å². The van der Waals surface area contributed by atoms with E-state index in [1.165, 1.54) is 0 Å². The molecule has 0 atom stereocenters. The maximum atomic E-state index is 5.77. The van der Waals surface area contributed by atoms with E-state index in [4.69, 9.17) is 4.74 Å². The molecule has 0 saturated carbocycles. The van der Waals surface area contributed by atoms with E-state index in [0.717, 1.165) is 19.3 Å². The largest absolute Gasteiger partial charge is 0.370 e. The molecule has 0 amide bonds. The van der Waals surface area contributed by atoms with Crippen molar-refractivity contribution in [3.05, 3.63) is 50.6 Å². The molecular formula is C13H20O. The minimum Gasteiger partial charge on any atom is -0.370 e. The van der Waals surface area contributed by atoms with Crippen LogP contribution in [0.2, 0.25) is 0 Å². The molecule has 0 N–H and O–H groups in total. The van der Waals surface area contributed by atoms with Gasteiger partial charge in [-0.15, -0.1) is 26.3 Å². The average Bonchev–Trinajstić information content (AvgIpc) is 2.16. The van der Waals surface area contributed by atoms with Gasteiger partial charge in [-0.1, -0.05) is 24.3 Å². The lowest BCUT2D eigenvalue weighted by molar-refractivity contribution is -0.0240. The molecule has 1 nitrogen and oxygen atoms in total. The Bertz CT molecular complexity index is 177. The van der Waals surface area contributed by atoms with Crippen molar-refractivity contribution in [1.29, 1.82) is 0 Å². The lowest BCUT2D eigenvalue weighted by atomic mass is 9.91. The molecular weight excluding hydrogens is 172 g/mol. The van der Waals surface area contributed by atoms with Gasteiger partial charge in [-0.05, 0) is 19.3 Å². The van der Waals surface area contributed by atoms with Gasteiger partial charge in [0.15, 0.2) is 0 Å². The van der Waals surface area contributed by atoms with Crippen LogP contribution in [0.3, 0.4) is 0 Å². The van der Waals surface area contributed by atoms with E-state index in [-0.39, 0.29) is 5.60 Å².